The molecule has 0 bridgehead atoms. The van der Waals surface area contributed by atoms with Crippen LogP contribution in [0.3, 0.4) is 0 Å². The van der Waals surface area contributed by atoms with Crippen LogP contribution in [0.25, 0.3) is 0 Å². The molecule has 1 heterocycles. The van der Waals surface area contributed by atoms with Crippen LogP contribution >= 0.6 is 0 Å². The van der Waals surface area contributed by atoms with Crippen LogP contribution < -0.4 is 0 Å². The topological polar surface area (TPSA) is 38.8 Å². The largest absolute Gasteiger partial charge is 0.372 e. The smallest absolute Gasteiger partial charge is 0.223 e. The lowest BCUT2D eigenvalue weighted by Crippen LogP contribution is -2.54. The lowest BCUT2D eigenvalue weighted by Gasteiger charge is -2.39. The molecule has 0 N–H and O–H groups in total. The number of amides is 1. The molecule has 1 unspecified atom stereocenters. The van der Waals surface area contributed by atoms with Crippen LogP contribution in [0.15, 0.2) is 24.8 Å². The van der Waals surface area contributed by atoms with E-state index in [1.807, 2.05) is 0 Å². The molecule has 0 aromatic heterocycles. The zero-order valence-electron chi connectivity index (χ0n) is 12.6. The zero-order valence-corrected chi connectivity index (χ0v) is 12.6. The van der Waals surface area contributed by atoms with E-state index in [9.17, 15) is 4.79 Å². The molecule has 1 aliphatic heterocycles. The monoisotopic (exact) mass is 291 g/mol. The molecule has 1 amide bonds. The summed E-state index contributed by atoms with van der Waals surface area (Å²) >= 11 is 0. The molecule has 0 spiro atoms. The van der Waals surface area contributed by atoms with Crippen molar-refractivity contribution >= 4 is 5.91 Å². The predicted octanol–water partition coefficient (Wildman–Crippen LogP) is 2.30. The van der Waals surface area contributed by atoms with Gasteiger partial charge in [-0.1, -0.05) is 18.2 Å². The first-order valence-electron chi connectivity index (χ1n) is 8.10. The van der Waals surface area contributed by atoms with Gasteiger partial charge >= 0.3 is 0 Å². The molecule has 4 atom stereocenters. The van der Waals surface area contributed by atoms with E-state index in [1.54, 1.807) is 6.08 Å². The van der Waals surface area contributed by atoms with E-state index in [0.717, 1.165) is 32.2 Å². The average Bonchev–Trinajstić information content (AvgIpc) is 3.14. The second kappa shape index (κ2) is 6.75. The number of ether oxygens (including phenoxy) is 2. The number of carbonyl (C=O) groups excluding carboxylic acids is 1. The molecular weight excluding hydrogens is 266 g/mol. The highest BCUT2D eigenvalue weighted by Crippen LogP contribution is 2.33. The van der Waals surface area contributed by atoms with Crippen molar-refractivity contribution in [1.82, 2.24) is 4.90 Å². The average molecular weight is 291 g/mol. The van der Waals surface area contributed by atoms with Crippen molar-refractivity contribution in [1.29, 1.82) is 0 Å². The third-order valence-corrected chi connectivity index (χ3v) is 4.83. The predicted molar refractivity (Wildman–Crippen MR) is 80.9 cm³/mol. The first-order chi connectivity index (χ1) is 10.3. The number of hydrogen-bond donors (Lipinski definition) is 0. The highest BCUT2D eigenvalue weighted by molar-refractivity contribution is 5.77. The molecule has 0 aromatic carbocycles. The van der Waals surface area contributed by atoms with Crippen LogP contribution in [0.2, 0.25) is 0 Å². The summed E-state index contributed by atoms with van der Waals surface area (Å²) in [6.07, 6.45) is 11.1. The molecule has 3 aliphatic rings. The molecule has 4 nitrogen and oxygen atoms in total. The number of carbonyl (C=O) groups is 1. The van der Waals surface area contributed by atoms with E-state index in [1.165, 1.54) is 0 Å². The van der Waals surface area contributed by atoms with Crippen molar-refractivity contribution in [3.63, 3.8) is 0 Å². The minimum Gasteiger partial charge on any atom is -0.372 e. The summed E-state index contributed by atoms with van der Waals surface area (Å²) < 4.78 is 11.7. The molecule has 2 fully saturated rings. The lowest BCUT2D eigenvalue weighted by molar-refractivity contribution is -0.151. The van der Waals surface area contributed by atoms with Crippen LogP contribution in [0, 0.1) is 5.92 Å². The van der Waals surface area contributed by atoms with Crippen LogP contribution in [0.1, 0.15) is 32.1 Å². The standard InChI is InChI=1S/C17H25NO3/c1-2-10-20-15-8-7-14-17(15)21-11-9-18(14)16(19)12-13-5-3-4-6-13/h2-3,5,13-15,17H,1,4,6-12H2/t13?,14-,15-,17-/m1/s1. The fourth-order valence-electron chi connectivity index (χ4n) is 3.80. The first kappa shape index (κ1) is 14.8. The van der Waals surface area contributed by atoms with Gasteiger partial charge in [-0.05, 0) is 31.6 Å². The Morgan fingerprint density at radius 3 is 3.10 bits per heavy atom. The molecule has 21 heavy (non-hydrogen) atoms. The zero-order chi connectivity index (χ0) is 14.7. The number of hydrogen-bond acceptors (Lipinski definition) is 3. The van der Waals surface area contributed by atoms with E-state index in [2.05, 4.69) is 23.6 Å². The Labute approximate surface area is 126 Å². The molecule has 4 heteroatoms. The van der Waals surface area contributed by atoms with Crippen LogP contribution in [-0.2, 0) is 14.3 Å². The Kier molecular flexibility index (Phi) is 4.76. The fraction of sp³-hybridized carbons (Fsp3) is 0.706. The summed E-state index contributed by atoms with van der Waals surface area (Å²) in [5.74, 6) is 0.724. The minimum absolute atomic E-state index is 0.0433. The Bertz CT molecular complexity index is 420. The maximum atomic E-state index is 12.6. The van der Waals surface area contributed by atoms with Crippen LogP contribution in [0.4, 0.5) is 0 Å². The molecule has 116 valence electrons. The van der Waals surface area contributed by atoms with Crippen molar-refractivity contribution in [2.45, 2.75) is 50.4 Å². The van der Waals surface area contributed by atoms with Gasteiger partial charge < -0.3 is 14.4 Å². The van der Waals surface area contributed by atoms with Crippen molar-refractivity contribution < 1.29 is 14.3 Å². The molecule has 2 aliphatic carbocycles. The fourth-order valence-corrected chi connectivity index (χ4v) is 3.80. The SMILES string of the molecule is C=CCO[C@@H]1CC[C@@H]2[C@H]1OCCN2C(=O)CC1C=CCC1. The van der Waals surface area contributed by atoms with E-state index in [-0.39, 0.29) is 24.2 Å². The van der Waals surface area contributed by atoms with Gasteiger partial charge in [0.2, 0.25) is 5.91 Å². The van der Waals surface area contributed by atoms with Gasteiger partial charge in [0, 0.05) is 13.0 Å². The molecule has 1 saturated carbocycles. The maximum absolute atomic E-state index is 12.6. The Morgan fingerprint density at radius 2 is 2.33 bits per heavy atom. The van der Waals surface area contributed by atoms with Crippen molar-refractivity contribution in [3.05, 3.63) is 24.8 Å². The molecule has 0 radical (unpaired) electrons. The Morgan fingerprint density at radius 1 is 1.43 bits per heavy atom. The van der Waals surface area contributed by atoms with Crippen LogP contribution in [0.5, 0.6) is 0 Å². The Balaban J connectivity index is 1.59. The number of rotatable bonds is 5. The van der Waals surface area contributed by atoms with Crippen molar-refractivity contribution in [2.24, 2.45) is 5.92 Å². The summed E-state index contributed by atoms with van der Waals surface area (Å²) in [5.41, 5.74) is 0. The van der Waals surface area contributed by atoms with Gasteiger partial charge in [0.25, 0.3) is 0 Å². The van der Waals surface area contributed by atoms with E-state index in [0.29, 0.717) is 25.6 Å². The van der Waals surface area contributed by atoms with E-state index in [4.69, 9.17) is 9.47 Å². The number of fused-ring (bicyclic) bond motifs is 1. The summed E-state index contributed by atoms with van der Waals surface area (Å²) in [6, 6.07) is 0.200. The quantitative estimate of drug-likeness (QED) is 0.730. The van der Waals surface area contributed by atoms with Gasteiger partial charge in [-0.3, -0.25) is 4.79 Å². The highest BCUT2D eigenvalue weighted by atomic mass is 16.5. The number of allylic oxidation sites excluding steroid dienone is 2. The molecular formula is C17H25NO3. The Hall–Kier alpha value is -1.13. The van der Waals surface area contributed by atoms with Gasteiger partial charge in [-0.2, -0.15) is 0 Å². The summed E-state index contributed by atoms with van der Waals surface area (Å²) in [7, 11) is 0. The minimum atomic E-state index is 0.0433. The second-order valence-corrected chi connectivity index (χ2v) is 6.20. The maximum Gasteiger partial charge on any atom is 0.223 e. The van der Waals surface area contributed by atoms with Crippen molar-refractivity contribution in [3.8, 4) is 0 Å². The van der Waals surface area contributed by atoms with Crippen LogP contribution in [-0.4, -0.2) is 48.8 Å². The molecule has 0 aromatic rings. The van der Waals surface area contributed by atoms with Gasteiger partial charge in [0.15, 0.2) is 0 Å². The lowest BCUT2D eigenvalue weighted by atomic mass is 10.0. The second-order valence-electron chi connectivity index (χ2n) is 6.20. The highest BCUT2D eigenvalue weighted by Gasteiger charge is 2.44. The number of morpholine rings is 1. The summed E-state index contributed by atoms with van der Waals surface area (Å²) in [5, 5.41) is 0. The van der Waals surface area contributed by atoms with Gasteiger partial charge in [-0.25, -0.2) is 0 Å². The van der Waals surface area contributed by atoms with Gasteiger partial charge in [0.05, 0.1) is 25.4 Å². The third kappa shape index (κ3) is 3.22. The molecule has 1 saturated heterocycles. The van der Waals surface area contributed by atoms with E-state index >= 15 is 0 Å². The van der Waals surface area contributed by atoms with Crippen molar-refractivity contribution in [2.75, 3.05) is 19.8 Å². The number of nitrogens with zero attached hydrogens (tertiary/aromatic N) is 1. The van der Waals surface area contributed by atoms with E-state index < -0.39 is 0 Å². The summed E-state index contributed by atoms with van der Waals surface area (Å²) in [6.45, 7) is 5.60. The summed E-state index contributed by atoms with van der Waals surface area (Å²) in [4.78, 5) is 14.7. The third-order valence-electron chi connectivity index (χ3n) is 4.83. The normalized spacial score (nSPS) is 35.0. The molecule has 3 rings (SSSR count). The van der Waals surface area contributed by atoms with Gasteiger partial charge in [-0.15, -0.1) is 6.58 Å². The first-order valence-corrected chi connectivity index (χ1v) is 8.10. The van der Waals surface area contributed by atoms with Gasteiger partial charge in [0.1, 0.15) is 6.10 Å².